The fourth-order valence-electron chi connectivity index (χ4n) is 8.77. The summed E-state index contributed by atoms with van der Waals surface area (Å²) in [6.45, 7) is 16.8. The van der Waals surface area contributed by atoms with Crippen molar-refractivity contribution in [2.24, 2.45) is 46.3 Å². The van der Waals surface area contributed by atoms with Crippen LogP contribution in [0.25, 0.3) is 0 Å². The van der Waals surface area contributed by atoms with Gasteiger partial charge in [0.2, 0.25) is 0 Å². The Morgan fingerprint density at radius 3 is 2.63 bits per heavy atom. The van der Waals surface area contributed by atoms with Gasteiger partial charge in [-0.2, -0.15) is 0 Å². The Kier molecular flexibility index (Phi) is 6.35. The van der Waals surface area contributed by atoms with Crippen molar-refractivity contribution in [1.82, 2.24) is 0 Å². The lowest BCUT2D eigenvalue weighted by atomic mass is 9.47. The predicted molar refractivity (Wildman–Crippen MR) is 128 cm³/mol. The van der Waals surface area contributed by atoms with Crippen molar-refractivity contribution in [3.63, 3.8) is 0 Å². The maximum absolute atomic E-state index is 10.2. The summed E-state index contributed by atoms with van der Waals surface area (Å²) in [6.07, 6.45) is 16.5. The van der Waals surface area contributed by atoms with Gasteiger partial charge in [-0.15, -0.1) is 0 Å². The van der Waals surface area contributed by atoms with Gasteiger partial charge in [0.25, 0.3) is 0 Å². The van der Waals surface area contributed by atoms with E-state index in [2.05, 4.69) is 47.3 Å². The van der Waals surface area contributed by atoms with E-state index >= 15 is 0 Å². The molecule has 30 heavy (non-hydrogen) atoms. The average molecular weight is 413 g/mol. The van der Waals surface area contributed by atoms with Gasteiger partial charge in [0.15, 0.2) is 0 Å². The number of allylic oxidation sites excluding steroid dienone is 2. The molecule has 9 atom stereocenters. The predicted octanol–water partition coefficient (Wildman–Crippen LogP) is 7.94. The molecular weight excluding hydrogens is 364 g/mol. The smallest absolute Gasteiger partial charge is 0.0577 e. The molecule has 4 aliphatic carbocycles. The Labute approximate surface area is 186 Å². The first-order chi connectivity index (χ1) is 14.2. The molecule has 1 nitrogen and oxygen atoms in total. The molecule has 0 aromatic heterocycles. The molecule has 0 aromatic rings. The Bertz CT molecular complexity index is 676. The molecule has 3 saturated carbocycles. The summed E-state index contributed by atoms with van der Waals surface area (Å²) in [4.78, 5) is 0. The quantitative estimate of drug-likeness (QED) is 0.439. The van der Waals surface area contributed by atoms with Crippen LogP contribution in [0.2, 0.25) is 0 Å². The van der Waals surface area contributed by atoms with Crippen LogP contribution in [0, 0.1) is 46.3 Å². The lowest BCUT2D eigenvalue weighted by Crippen LogP contribution is -2.50. The minimum Gasteiger partial charge on any atom is -0.393 e. The van der Waals surface area contributed by atoms with Crippen LogP contribution in [0.4, 0.5) is 0 Å². The summed E-state index contributed by atoms with van der Waals surface area (Å²) < 4.78 is 0. The highest BCUT2D eigenvalue weighted by Crippen LogP contribution is 2.67. The Morgan fingerprint density at radius 1 is 1.13 bits per heavy atom. The van der Waals surface area contributed by atoms with E-state index in [1.54, 1.807) is 5.57 Å². The van der Waals surface area contributed by atoms with E-state index in [-0.39, 0.29) is 6.10 Å². The van der Waals surface area contributed by atoms with Crippen LogP contribution in [-0.2, 0) is 0 Å². The van der Waals surface area contributed by atoms with Crippen molar-refractivity contribution in [3.8, 4) is 0 Å². The van der Waals surface area contributed by atoms with Gasteiger partial charge in [0.1, 0.15) is 0 Å². The third kappa shape index (κ3) is 3.66. The second-order valence-electron chi connectivity index (χ2n) is 12.4. The summed E-state index contributed by atoms with van der Waals surface area (Å²) in [6, 6.07) is 0. The van der Waals surface area contributed by atoms with Crippen molar-refractivity contribution in [2.75, 3.05) is 0 Å². The lowest BCUT2D eigenvalue weighted by Gasteiger charge is -2.58. The van der Waals surface area contributed by atoms with Crippen molar-refractivity contribution < 1.29 is 5.11 Å². The van der Waals surface area contributed by atoms with Crippen LogP contribution in [0.1, 0.15) is 105 Å². The van der Waals surface area contributed by atoms with Crippen molar-refractivity contribution in [3.05, 3.63) is 23.8 Å². The van der Waals surface area contributed by atoms with Crippen molar-refractivity contribution in [1.29, 1.82) is 0 Å². The third-order valence-corrected chi connectivity index (χ3v) is 11.1. The molecule has 0 radical (unpaired) electrons. The highest BCUT2D eigenvalue weighted by Gasteiger charge is 2.59. The summed E-state index contributed by atoms with van der Waals surface area (Å²) in [5, 5.41) is 10.2. The van der Waals surface area contributed by atoms with E-state index in [4.69, 9.17) is 0 Å². The highest BCUT2D eigenvalue weighted by atomic mass is 16.3. The zero-order valence-electron chi connectivity index (χ0n) is 20.6. The standard InChI is InChI=1S/C29H48O/c1-7-19(2)20(3)8-9-21(4)25-12-13-26-24-11-10-22-18-23(30)14-16-28(22,5)27(24)15-17-29(25,26)6/h10,19,21,23-27,30H,3,7-9,11-18H2,1-2,4-6H3/t19?,21-,23?,24+,25-,26+,27+,28+,29-/m1/s1. The van der Waals surface area contributed by atoms with Gasteiger partial charge in [-0.3, -0.25) is 0 Å². The largest absolute Gasteiger partial charge is 0.393 e. The van der Waals surface area contributed by atoms with Crippen molar-refractivity contribution in [2.45, 2.75) is 111 Å². The molecule has 0 heterocycles. The normalized spacial score (nSPS) is 45.0. The molecule has 170 valence electrons. The molecular formula is C29H48O. The Morgan fingerprint density at radius 2 is 1.90 bits per heavy atom. The summed E-state index contributed by atoms with van der Waals surface area (Å²) in [5.41, 5.74) is 4.01. The molecule has 0 spiro atoms. The summed E-state index contributed by atoms with van der Waals surface area (Å²) in [7, 11) is 0. The highest BCUT2D eigenvalue weighted by molar-refractivity contribution is 5.25. The monoisotopic (exact) mass is 412 g/mol. The zero-order chi connectivity index (χ0) is 21.7. The molecule has 0 saturated heterocycles. The van der Waals surface area contributed by atoms with Crippen LogP contribution >= 0.6 is 0 Å². The number of aliphatic hydroxyl groups excluding tert-OH is 1. The van der Waals surface area contributed by atoms with E-state index < -0.39 is 0 Å². The molecule has 4 aliphatic rings. The van der Waals surface area contributed by atoms with E-state index in [1.165, 1.54) is 63.4 Å². The van der Waals surface area contributed by atoms with Crippen LogP contribution in [0.5, 0.6) is 0 Å². The fourth-order valence-corrected chi connectivity index (χ4v) is 8.77. The fraction of sp³-hybridized carbons (Fsp3) is 0.862. The number of rotatable bonds is 6. The minimum atomic E-state index is -0.0865. The molecule has 4 rings (SSSR count). The van der Waals surface area contributed by atoms with Gasteiger partial charge >= 0.3 is 0 Å². The minimum absolute atomic E-state index is 0.0865. The first-order valence-electron chi connectivity index (χ1n) is 13.3. The van der Waals surface area contributed by atoms with Crippen LogP contribution < -0.4 is 0 Å². The molecule has 0 bridgehead atoms. The van der Waals surface area contributed by atoms with Gasteiger partial charge in [-0.05, 0) is 117 Å². The zero-order valence-corrected chi connectivity index (χ0v) is 20.6. The lowest BCUT2D eigenvalue weighted by molar-refractivity contribution is -0.0571. The van der Waals surface area contributed by atoms with E-state index in [0.29, 0.717) is 16.7 Å². The van der Waals surface area contributed by atoms with Gasteiger partial charge in [-0.1, -0.05) is 58.4 Å². The molecule has 2 unspecified atom stereocenters. The van der Waals surface area contributed by atoms with Gasteiger partial charge in [0.05, 0.1) is 6.10 Å². The molecule has 1 N–H and O–H groups in total. The summed E-state index contributed by atoms with van der Waals surface area (Å²) in [5.74, 6) is 5.08. The number of aliphatic hydroxyl groups is 1. The van der Waals surface area contributed by atoms with Gasteiger partial charge in [0, 0.05) is 0 Å². The number of fused-ring (bicyclic) bond motifs is 5. The van der Waals surface area contributed by atoms with Crippen LogP contribution in [0.3, 0.4) is 0 Å². The maximum atomic E-state index is 10.2. The Balaban J connectivity index is 1.47. The number of hydrogen-bond donors (Lipinski definition) is 1. The second kappa shape index (κ2) is 8.42. The van der Waals surface area contributed by atoms with Crippen LogP contribution in [-0.4, -0.2) is 11.2 Å². The first-order valence-corrected chi connectivity index (χ1v) is 13.3. The topological polar surface area (TPSA) is 20.2 Å². The molecule has 0 aromatic carbocycles. The van der Waals surface area contributed by atoms with Crippen LogP contribution in [0.15, 0.2) is 23.8 Å². The SMILES string of the molecule is C=C(CC[C@@H](C)[C@H]1CC[C@H]2[C@@H]3CC=C4CC(O)CC[C@]4(C)[C@H]3CC[C@]12C)C(C)CC. The third-order valence-electron chi connectivity index (χ3n) is 11.1. The Hall–Kier alpha value is -0.560. The molecule has 3 fully saturated rings. The maximum Gasteiger partial charge on any atom is 0.0577 e. The van der Waals surface area contributed by atoms with E-state index in [9.17, 15) is 5.11 Å². The molecule has 0 aliphatic heterocycles. The van der Waals surface area contributed by atoms with E-state index in [0.717, 1.165) is 42.4 Å². The number of hydrogen-bond acceptors (Lipinski definition) is 1. The summed E-state index contributed by atoms with van der Waals surface area (Å²) >= 11 is 0. The van der Waals surface area contributed by atoms with E-state index in [1.807, 2.05) is 0 Å². The molecule has 0 amide bonds. The average Bonchev–Trinajstić information content (AvgIpc) is 3.09. The van der Waals surface area contributed by atoms with Crippen molar-refractivity contribution >= 4 is 0 Å². The first kappa shape index (κ1) is 22.6. The molecule has 1 heteroatoms. The second-order valence-corrected chi connectivity index (χ2v) is 12.4. The van der Waals surface area contributed by atoms with Gasteiger partial charge in [-0.25, -0.2) is 0 Å². The van der Waals surface area contributed by atoms with Gasteiger partial charge < -0.3 is 5.11 Å².